The lowest BCUT2D eigenvalue weighted by atomic mass is 9.79. The Bertz CT molecular complexity index is 1070. The van der Waals surface area contributed by atoms with Crippen LogP contribution in [0.5, 0.6) is 0 Å². The minimum Gasteiger partial charge on any atom is -0.383 e. The molecular formula is C25H23FN2O3. The van der Waals surface area contributed by atoms with E-state index in [0.29, 0.717) is 30.0 Å². The standard InChI is InChI=1S/C25H23FN2O3/c1-31-16-15-28-23(17-7-3-2-4-8-17)22(20-9-5-6-10-21(20)25(28)30)24(29)27-19-13-11-18(26)12-14-19/h2-14,22-23H,15-16H2,1H3,(H,27,29). The van der Waals surface area contributed by atoms with E-state index in [1.807, 2.05) is 42.5 Å². The highest BCUT2D eigenvalue weighted by molar-refractivity contribution is 6.04. The number of amides is 2. The number of fused-ring (bicyclic) bond motifs is 1. The molecule has 0 spiro atoms. The molecule has 0 saturated heterocycles. The van der Waals surface area contributed by atoms with E-state index in [0.717, 1.165) is 5.56 Å². The fraction of sp³-hybridized carbons (Fsp3) is 0.200. The molecule has 2 unspecified atom stereocenters. The summed E-state index contributed by atoms with van der Waals surface area (Å²) in [5.41, 5.74) is 2.54. The fourth-order valence-electron chi connectivity index (χ4n) is 4.08. The van der Waals surface area contributed by atoms with Crippen LogP contribution in [0, 0.1) is 5.82 Å². The molecule has 1 heterocycles. The second-order valence-corrected chi connectivity index (χ2v) is 7.41. The molecule has 5 nitrogen and oxygen atoms in total. The number of hydrogen-bond acceptors (Lipinski definition) is 3. The molecule has 0 aliphatic carbocycles. The van der Waals surface area contributed by atoms with Crippen LogP contribution in [0.2, 0.25) is 0 Å². The largest absolute Gasteiger partial charge is 0.383 e. The van der Waals surface area contributed by atoms with Gasteiger partial charge in [0.2, 0.25) is 5.91 Å². The highest BCUT2D eigenvalue weighted by Crippen LogP contribution is 2.43. The summed E-state index contributed by atoms with van der Waals surface area (Å²) in [6.07, 6.45) is 0. The number of ether oxygens (including phenoxy) is 1. The van der Waals surface area contributed by atoms with Gasteiger partial charge in [0.1, 0.15) is 5.82 Å². The second-order valence-electron chi connectivity index (χ2n) is 7.41. The van der Waals surface area contributed by atoms with E-state index in [2.05, 4.69) is 5.32 Å². The number of nitrogens with one attached hydrogen (secondary N) is 1. The number of nitrogens with zero attached hydrogens (tertiary/aromatic N) is 1. The van der Waals surface area contributed by atoms with Crippen LogP contribution < -0.4 is 5.32 Å². The van der Waals surface area contributed by atoms with Crippen molar-refractivity contribution in [3.05, 3.63) is 101 Å². The number of anilines is 1. The molecule has 0 radical (unpaired) electrons. The average molecular weight is 418 g/mol. The van der Waals surface area contributed by atoms with Crippen LogP contribution in [0.4, 0.5) is 10.1 Å². The number of methoxy groups -OCH3 is 1. The zero-order chi connectivity index (χ0) is 21.8. The molecule has 2 amide bonds. The molecule has 1 N–H and O–H groups in total. The Balaban J connectivity index is 1.80. The van der Waals surface area contributed by atoms with Gasteiger partial charge in [-0.1, -0.05) is 48.5 Å². The van der Waals surface area contributed by atoms with E-state index in [9.17, 15) is 14.0 Å². The summed E-state index contributed by atoms with van der Waals surface area (Å²) in [5, 5.41) is 2.90. The SMILES string of the molecule is COCCN1C(=O)c2ccccc2C(C(=O)Nc2ccc(F)cc2)C1c1ccccc1. The van der Waals surface area contributed by atoms with Crippen molar-refractivity contribution in [3.8, 4) is 0 Å². The van der Waals surface area contributed by atoms with E-state index in [-0.39, 0.29) is 17.6 Å². The van der Waals surface area contributed by atoms with Gasteiger partial charge in [0.15, 0.2) is 0 Å². The summed E-state index contributed by atoms with van der Waals surface area (Å²) in [5.74, 6) is -1.41. The number of rotatable bonds is 6. The molecule has 1 aliphatic heterocycles. The monoisotopic (exact) mass is 418 g/mol. The minimum atomic E-state index is -0.641. The summed E-state index contributed by atoms with van der Waals surface area (Å²) in [4.78, 5) is 28.6. The number of carbonyl (C=O) groups is 2. The molecule has 0 bridgehead atoms. The van der Waals surface area contributed by atoms with E-state index < -0.39 is 12.0 Å². The van der Waals surface area contributed by atoms with E-state index in [1.54, 1.807) is 24.1 Å². The molecule has 1 aliphatic rings. The molecule has 4 rings (SSSR count). The maximum Gasteiger partial charge on any atom is 0.254 e. The molecule has 6 heteroatoms. The summed E-state index contributed by atoms with van der Waals surface area (Å²) in [6.45, 7) is 0.701. The molecule has 0 saturated carbocycles. The number of halogens is 1. The smallest absolute Gasteiger partial charge is 0.254 e. The number of hydrogen-bond donors (Lipinski definition) is 1. The van der Waals surface area contributed by atoms with Gasteiger partial charge in [0.25, 0.3) is 5.91 Å². The van der Waals surface area contributed by atoms with E-state index in [4.69, 9.17) is 4.74 Å². The Labute approximate surface area is 180 Å². The van der Waals surface area contributed by atoms with Gasteiger partial charge in [0.05, 0.1) is 18.6 Å². The average Bonchev–Trinajstić information content (AvgIpc) is 2.80. The Morgan fingerprint density at radius 3 is 2.39 bits per heavy atom. The second kappa shape index (κ2) is 9.10. The highest BCUT2D eigenvalue weighted by atomic mass is 19.1. The van der Waals surface area contributed by atoms with Crippen molar-refractivity contribution in [2.24, 2.45) is 0 Å². The molecule has 0 aromatic heterocycles. The van der Waals surface area contributed by atoms with Gasteiger partial charge in [-0.15, -0.1) is 0 Å². The molecule has 3 aromatic carbocycles. The van der Waals surface area contributed by atoms with Crippen molar-refractivity contribution in [1.82, 2.24) is 4.90 Å². The molecule has 158 valence electrons. The van der Waals surface area contributed by atoms with Crippen molar-refractivity contribution in [2.75, 3.05) is 25.6 Å². The topological polar surface area (TPSA) is 58.6 Å². The third kappa shape index (κ3) is 4.20. The summed E-state index contributed by atoms with van der Waals surface area (Å²) in [7, 11) is 1.58. The lowest BCUT2D eigenvalue weighted by molar-refractivity contribution is -0.119. The van der Waals surface area contributed by atoms with E-state index in [1.165, 1.54) is 24.3 Å². The predicted molar refractivity (Wildman–Crippen MR) is 116 cm³/mol. The van der Waals surface area contributed by atoms with Crippen LogP contribution in [-0.2, 0) is 9.53 Å². The fourth-order valence-corrected chi connectivity index (χ4v) is 4.08. The lowest BCUT2D eigenvalue weighted by Gasteiger charge is -2.41. The maximum absolute atomic E-state index is 13.6. The first-order valence-corrected chi connectivity index (χ1v) is 10.1. The van der Waals surface area contributed by atoms with Gasteiger partial charge in [-0.05, 0) is 41.5 Å². The number of carbonyl (C=O) groups excluding carboxylic acids is 2. The summed E-state index contributed by atoms with van der Waals surface area (Å²) in [6, 6.07) is 21.9. The van der Waals surface area contributed by atoms with Crippen LogP contribution in [-0.4, -0.2) is 37.0 Å². The van der Waals surface area contributed by atoms with Crippen molar-refractivity contribution >= 4 is 17.5 Å². The third-order valence-electron chi connectivity index (χ3n) is 5.51. The van der Waals surface area contributed by atoms with E-state index >= 15 is 0 Å². The van der Waals surface area contributed by atoms with Crippen molar-refractivity contribution in [1.29, 1.82) is 0 Å². The highest BCUT2D eigenvalue weighted by Gasteiger charge is 2.43. The summed E-state index contributed by atoms with van der Waals surface area (Å²) >= 11 is 0. The zero-order valence-corrected chi connectivity index (χ0v) is 17.1. The summed E-state index contributed by atoms with van der Waals surface area (Å²) < 4.78 is 18.5. The Hall–Kier alpha value is -3.51. The van der Waals surface area contributed by atoms with Crippen molar-refractivity contribution < 1.29 is 18.7 Å². The zero-order valence-electron chi connectivity index (χ0n) is 17.1. The van der Waals surface area contributed by atoms with Crippen molar-refractivity contribution in [3.63, 3.8) is 0 Å². The van der Waals surface area contributed by atoms with Gasteiger partial charge < -0.3 is 15.0 Å². The molecule has 3 aromatic rings. The maximum atomic E-state index is 13.6. The molecule has 31 heavy (non-hydrogen) atoms. The first-order chi connectivity index (χ1) is 15.1. The van der Waals surface area contributed by atoms with Crippen molar-refractivity contribution in [2.45, 2.75) is 12.0 Å². The van der Waals surface area contributed by atoms with Gasteiger partial charge in [-0.2, -0.15) is 0 Å². The minimum absolute atomic E-state index is 0.132. The first-order valence-electron chi connectivity index (χ1n) is 10.1. The van der Waals surface area contributed by atoms with Crippen LogP contribution in [0.3, 0.4) is 0 Å². The van der Waals surface area contributed by atoms with Gasteiger partial charge >= 0.3 is 0 Å². The Morgan fingerprint density at radius 2 is 1.68 bits per heavy atom. The Morgan fingerprint density at radius 1 is 1.00 bits per heavy atom. The normalized spacial score (nSPS) is 17.9. The van der Waals surface area contributed by atoms with Crippen LogP contribution in [0.15, 0.2) is 78.9 Å². The quantitative estimate of drug-likeness (QED) is 0.646. The molecule has 0 fully saturated rings. The van der Waals surface area contributed by atoms with Gasteiger partial charge in [0, 0.05) is 24.9 Å². The molecule has 2 atom stereocenters. The number of benzene rings is 3. The Kier molecular flexibility index (Phi) is 6.09. The van der Waals surface area contributed by atoms with Gasteiger partial charge in [-0.3, -0.25) is 9.59 Å². The van der Waals surface area contributed by atoms with Crippen LogP contribution in [0.25, 0.3) is 0 Å². The first kappa shape index (κ1) is 20.8. The lowest BCUT2D eigenvalue weighted by Crippen LogP contribution is -2.47. The van der Waals surface area contributed by atoms with Crippen LogP contribution in [0.1, 0.15) is 33.4 Å². The van der Waals surface area contributed by atoms with Gasteiger partial charge in [-0.25, -0.2) is 4.39 Å². The predicted octanol–water partition coefficient (Wildman–Crippen LogP) is 4.39. The third-order valence-corrected chi connectivity index (χ3v) is 5.51. The molecular weight excluding hydrogens is 395 g/mol. The van der Waals surface area contributed by atoms with Crippen LogP contribution >= 0.6 is 0 Å².